The summed E-state index contributed by atoms with van der Waals surface area (Å²) >= 11 is 0. The molecule has 3 aromatic rings. The molecule has 33 heavy (non-hydrogen) atoms. The fraction of sp³-hybridized carbons (Fsp3) is 0.391. The van der Waals surface area contributed by atoms with Gasteiger partial charge in [0.15, 0.2) is 0 Å². The molecule has 0 saturated carbocycles. The lowest BCUT2D eigenvalue weighted by Gasteiger charge is -2.31. The van der Waals surface area contributed by atoms with E-state index in [1.165, 1.54) is 37.0 Å². The Bertz CT molecular complexity index is 1220. The molecule has 176 valence electrons. The largest absolute Gasteiger partial charge is 0.494 e. The zero-order chi connectivity index (χ0) is 23.8. The molecule has 0 atom stereocenters. The topological polar surface area (TPSA) is 65.7 Å². The summed E-state index contributed by atoms with van der Waals surface area (Å²) in [6, 6.07) is 10.2. The molecule has 0 bridgehead atoms. The van der Waals surface area contributed by atoms with Crippen molar-refractivity contribution in [1.82, 2.24) is 14.0 Å². The molecule has 1 aliphatic heterocycles. The Morgan fingerprint density at radius 3 is 2.39 bits per heavy atom. The maximum Gasteiger partial charge on any atom is 0.416 e. The average molecular weight is 463 g/mol. The van der Waals surface area contributed by atoms with E-state index in [0.717, 1.165) is 6.07 Å². The van der Waals surface area contributed by atoms with Crippen LogP contribution in [0.3, 0.4) is 0 Å². The number of benzene rings is 2. The maximum absolute atomic E-state index is 13.6. The third-order valence-corrected chi connectivity index (χ3v) is 6.08. The number of nitrogens with zero attached hydrogens (tertiary/aromatic N) is 3. The second kappa shape index (κ2) is 8.84. The summed E-state index contributed by atoms with van der Waals surface area (Å²) in [4.78, 5) is 27.0. The summed E-state index contributed by atoms with van der Waals surface area (Å²) in [5.74, 6) is 0.403. The van der Waals surface area contributed by atoms with Crippen molar-refractivity contribution in [3.63, 3.8) is 0 Å². The maximum atomic E-state index is 13.6. The van der Waals surface area contributed by atoms with Gasteiger partial charge in [0.1, 0.15) is 11.3 Å². The van der Waals surface area contributed by atoms with Gasteiger partial charge in [0.25, 0.3) is 0 Å². The molecule has 4 rings (SSSR count). The van der Waals surface area contributed by atoms with Gasteiger partial charge in [-0.05, 0) is 36.6 Å². The minimum absolute atomic E-state index is 0.00225. The van der Waals surface area contributed by atoms with Gasteiger partial charge in [0.05, 0.1) is 31.8 Å². The summed E-state index contributed by atoms with van der Waals surface area (Å²) in [6.45, 7) is 0.577. The first-order valence-corrected chi connectivity index (χ1v) is 10.5. The Morgan fingerprint density at radius 1 is 1.06 bits per heavy atom. The highest BCUT2D eigenvalue weighted by molar-refractivity contribution is 5.83. The smallest absolute Gasteiger partial charge is 0.416 e. The van der Waals surface area contributed by atoms with Gasteiger partial charge < -0.3 is 14.4 Å². The highest BCUT2D eigenvalue weighted by Crippen LogP contribution is 2.34. The number of para-hydroxylation sites is 1. The lowest BCUT2D eigenvalue weighted by Crippen LogP contribution is -2.41. The molecule has 7 nitrogen and oxygen atoms in total. The summed E-state index contributed by atoms with van der Waals surface area (Å²) < 4.78 is 53.9. The van der Waals surface area contributed by atoms with Crippen molar-refractivity contribution in [2.45, 2.75) is 31.6 Å². The van der Waals surface area contributed by atoms with Gasteiger partial charge in [0.2, 0.25) is 0 Å². The van der Waals surface area contributed by atoms with E-state index in [1.807, 2.05) is 0 Å². The molecular formula is C23H24F3N3O4. The van der Waals surface area contributed by atoms with Gasteiger partial charge in [-0.1, -0.05) is 24.3 Å². The SMILES string of the molecule is COC(=O)N1CCC(n2c(=O)n(Cc3ccccc3C(F)(F)F)c3c(OC)cccc32)CC1. The molecule has 1 fully saturated rings. The first-order valence-electron chi connectivity index (χ1n) is 10.5. The van der Waals surface area contributed by atoms with Crippen LogP contribution in [-0.4, -0.2) is 47.4 Å². The molecule has 0 spiro atoms. The third kappa shape index (κ3) is 4.17. The lowest BCUT2D eigenvalue weighted by molar-refractivity contribution is -0.138. The second-order valence-corrected chi connectivity index (χ2v) is 7.91. The number of fused-ring (bicyclic) bond motifs is 1. The van der Waals surface area contributed by atoms with Gasteiger partial charge >= 0.3 is 18.0 Å². The monoisotopic (exact) mass is 463 g/mol. The van der Waals surface area contributed by atoms with Gasteiger partial charge in [-0.25, -0.2) is 9.59 Å². The molecule has 10 heteroatoms. The third-order valence-electron chi connectivity index (χ3n) is 6.08. The van der Waals surface area contributed by atoms with Crippen molar-refractivity contribution in [2.24, 2.45) is 0 Å². The second-order valence-electron chi connectivity index (χ2n) is 7.91. The molecular weight excluding hydrogens is 439 g/mol. The number of imidazole rings is 1. The van der Waals surface area contributed by atoms with E-state index in [-0.39, 0.29) is 18.2 Å². The number of alkyl halides is 3. The van der Waals surface area contributed by atoms with Crippen LogP contribution in [0.1, 0.15) is 30.0 Å². The van der Waals surface area contributed by atoms with Crippen LogP contribution in [0.15, 0.2) is 47.3 Å². The fourth-order valence-corrected chi connectivity index (χ4v) is 4.51. The van der Waals surface area contributed by atoms with Crippen LogP contribution in [0.25, 0.3) is 11.0 Å². The van der Waals surface area contributed by atoms with E-state index in [1.54, 1.807) is 27.7 Å². The van der Waals surface area contributed by atoms with E-state index >= 15 is 0 Å². The van der Waals surface area contributed by atoms with E-state index < -0.39 is 23.5 Å². The Morgan fingerprint density at radius 2 is 1.76 bits per heavy atom. The van der Waals surface area contributed by atoms with Crippen LogP contribution in [0, 0.1) is 0 Å². The minimum atomic E-state index is -4.54. The molecule has 1 aliphatic rings. The van der Waals surface area contributed by atoms with Gasteiger partial charge in [-0.3, -0.25) is 9.13 Å². The van der Waals surface area contributed by atoms with Crippen molar-refractivity contribution in [3.8, 4) is 5.75 Å². The van der Waals surface area contributed by atoms with Crippen molar-refractivity contribution >= 4 is 17.1 Å². The molecule has 2 heterocycles. The number of hydrogen-bond acceptors (Lipinski definition) is 4. The number of carbonyl (C=O) groups excluding carboxylic acids is 1. The normalized spacial score (nSPS) is 15.1. The molecule has 1 aromatic heterocycles. The molecule has 0 unspecified atom stereocenters. The van der Waals surface area contributed by atoms with Crippen molar-refractivity contribution in [2.75, 3.05) is 27.3 Å². The summed E-state index contributed by atoms with van der Waals surface area (Å²) in [5.41, 5.74) is -0.169. The zero-order valence-corrected chi connectivity index (χ0v) is 18.3. The molecule has 2 aromatic carbocycles. The Hall–Kier alpha value is -3.43. The van der Waals surface area contributed by atoms with E-state index in [4.69, 9.17) is 9.47 Å². The Labute approximate surface area is 187 Å². The standard InChI is InChI=1S/C23H24F3N3O4/c1-32-19-9-5-8-18-20(19)28(14-15-6-3-4-7-17(15)23(24,25)26)21(30)29(18)16-10-12-27(13-11-16)22(31)33-2/h3-9,16H,10-14H2,1-2H3. The fourth-order valence-electron chi connectivity index (χ4n) is 4.51. The van der Waals surface area contributed by atoms with Crippen LogP contribution >= 0.6 is 0 Å². The number of piperidine rings is 1. The van der Waals surface area contributed by atoms with Crippen LogP contribution in [0.2, 0.25) is 0 Å². The van der Waals surface area contributed by atoms with E-state index in [2.05, 4.69) is 0 Å². The highest BCUT2D eigenvalue weighted by Gasteiger charge is 2.34. The van der Waals surface area contributed by atoms with Crippen LogP contribution < -0.4 is 10.4 Å². The average Bonchev–Trinajstić information content (AvgIpc) is 3.09. The predicted molar refractivity (Wildman–Crippen MR) is 116 cm³/mol. The Kier molecular flexibility index (Phi) is 6.09. The van der Waals surface area contributed by atoms with Crippen LogP contribution in [0.5, 0.6) is 5.75 Å². The van der Waals surface area contributed by atoms with Crippen molar-refractivity contribution < 1.29 is 27.4 Å². The number of halogens is 3. The number of methoxy groups -OCH3 is 2. The first kappa shape index (κ1) is 22.8. The first-order chi connectivity index (χ1) is 15.8. The van der Waals surface area contributed by atoms with Gasteiger partial charge in [-0.15, -0.1) is 0 Å². The van der Waals surface area contributed by atoms with E-state index in [9.17, 15) is 22.8 Å². The molecule has 0 N–H and O–H groups in total. The number of ether oxygens (including phenoxy) is 2. The molecule has 0 radical (unpaired) electrons. The Balaban J connectivity index is 1.80. The number of amides is 1. The minimum Gasteiger partial charge on any atom is -0.494 e. The zero-order valence-electron chi connectivity index (χ0n) is 18.3. The van der Waals surface area contributed by atoms with Gasteiger partial charge in [0, 0.05) is 19.1 Å². The van der Waals surface area contributed by atoms with Crippen LogP contribution in [-0.2, 0) is 17.5 Å². The van der Waals surface area contributed by atoms with Gasteiger partial charge in [-0.2, -0.15) is 13.2 Å². The molecule has 1 amide bonds. The number of carbonyl (C=O) groups is 1. The quantitative estimate of drug-likeness (QED) is 0.579. The number of rotatable bonds is 4. The molecule has 1 saturated heterocycles. The number of hydrogen-bond donors (Lipinski definition) is 0. The van der Waals surface area contributed by atoms with Crippen LogP contribution in [0.4, 0.5) is 18.0 Å². The predicted octanol–water partition coefficient (Wildman–Crippen LogP) is 4.28. The summed E-state index contributed by atoms with van der Waals surface area (Å²) in [5, 5.41) is 0. The highest BCUT2D eigenvalue weighted by atomic mass is 19.4. The summed E-state index contributed by atoms with van der Waals surface area (Å²) in [6.07, 6.45) is -3.92. The number of aromatic nitrogens is 2. The molecule has 0 aliphatic carbocycles. The lowest BCUT2D eigenvalue weighted by atomic mass is 10.0. The van der Waals surface area contributed by atoms with Crippen molar-refractivity contribution in [1.29, 1.82) is 0 Å². The number of likely N-dealkylation sites (tertiary alicyclic amines) is 1. The van der Waals surface area contributed by atoms with E-state index in [0.29, 0.717) is 42.7 Å². The summed E-state index contributed by atoms with van der Waals surface area (Å²) in [7, 11) is 2.77. The van der Waals surface area contributed by atoms with Crippen molar-refractivity contribution in [3.05, 3.63) is 64.1 Å².